The van der Waals surface area contributed by atoms with Crippen molar-refractivity contribution in [3.05, 3.63) is 59.9 Å². The Morgan fingerprint density at radius 1 is 1.14 bits per heavy atom. The standard InChI is InChI=1S/C17H18FNO2/c1-13(20)14-7-3-6-10-17(14)21-12-11-19(2)16-9-5-4-8-15(16)18/h3-10H,11-12H2,1-2H3. The molecule has 4 heteroatoms. The topological polar surface area (TPSA) is 29.5 Å². The molecular formula is C17H18FNO2. The average Bonchev–Trinajstić information content (AvgIpc) is 2.48. The molecule has 0 N–H and O–H groups in total. The van der Waals surface area contributed by atoms with Crippen LogP contribution in [0.4, 0.5) is 10.1 Å². The highest BCUT2D eigenvalue weighted by Gasteiger charge is 2.09. The maximum Gasteiger partial charge on any atom is 0.163 e. The summed E-state index contributed by atoms with van der Waals surface area (Å²) < 4.78 is 19.3. The number of Topliss-reactive ketones (excluding diaryl/α,β-unsaturated/α-hetero) is 1. The van der Waals surface area contributed by atoms with Crippen molar-refractivity contribution in [3.63, 3.8) is 0 Å². The van der Waals surface area contributed by atoms with Gasteiger partial charge in [-0.2, -0.15) is 0 Å². The normalized spacial score (nSPS) is 10.2. The monoisotopic (exact) mass is 287 g/mol. The molecule has 0 amide bonds. The largest absolute Gasteiger partial charge is 0.491 e. The van der Waals surface area contributed by atoms with Gasteiger partial charge in [0, 0.05) is 7.05 Å². The highest BCUT2D eigenvalue weighted by Crippen LogP contribution is 2.19. The van der Waals surface area contributed by atoms with Crippen molar-refractivity contribution in [2.24, 2.45) is 0 Å². The van der Waals surface area contributed by atoms with Gasteiger partial charge in [-0.05, 0) is 31.2 Å². The summed E-state index contributed by atoms with van der Waals surface area (Å²) >= 11 is 0. The van der Waals surface area contributed by atoms with Gasteiger partial charge >= 0.3 is 0 Å². The van der Waals surface area contributed by atoms with Gasteiger partial charge in [-0.1, -0.05) is 24.3 Å². The minimum absolute atomic E-state index is 0.0342. The number of nitrogens with zero attached hydrogens (tertiary/aromatic N) is 1. The third-order valence-corrected chi connectivity index (χ3v) is 3.21. The van der Waals surface area contributed by atoms with Crippen molar-refractivity contribution >= 4 is 11.5 Å². The van der Waals surface area contributed by atoms with Gasteiger partial charge in [0.05, 0.1) is 17.8 Å². The first-order chi connectivity index (χ1) is 10.1. The zero-order valence-corrected chi connectivity index (χ0v) is 12.2. The number of rotatable bonds is 6. The number of likely N-dealkylation sites (N-methyl/N-ethyl adjacent to an activating group) is 1. The first kappa shape index (κ1) is 15.0. The summed E-state index contributed by atoms with van der Waals surface area (Å²) in [5, 5.41) is 0. The molecule has 0 aliphatic rings. The number of ketones is 1. The summed E-state index contributed by atoms with van der Waals surface area (Å²) in [5.74, 6) is 0.268. The summed E-state index contributed by atoms with van der Waals surface area (Å²) in [7, 11) is 1.80. The molecule has 0 unspecified atom stereocenters. The van der Waals surface area contributed by atoms with Gasteiger partial charge in [0.2, 0.25) is 0 Å². The van der Waals surface area contributed by atoms with Crippen LogP contribution in [0.2, 0.25) is 0 Å². The molecule has 0 saturated heterocycles. The Balaban J connectivity index is 1.96. The first-order valence-electron chi connectivity index (χ1n) is 6.78. The number of benzene rings is 2. The van der Waals surface area contributed by atoms with Crippen LogP contribution < -0.4 is 9.64 Å². The van der Waals surface area contributed by atoms with E-state index in [1.165, 1.54) is 13.0 Å². The summed E-state index contributed by atoms with van der Waals surface area (Å²) in [6, 6.07) is 13.7. The van der Waals surface area contributed by atoms with E-state index in [0.29, 0.717) is 30.2 Å². The van der Waals surface area contributed by atoms with Gasteiger partial charge in [0.15, 0.2) is 5.78 Å². The van der Waals surface area contributed by atoms with Gasteiger partial charge in [-0.25, -0.2) is 4.39 Å². The lowest BCUT2D eigenvalue weighted by atomic mass is 10.1. The summed E-state index contributed by atoms with van der Waals surface area (Å²) in [6.45, 7) is 2.40. The molecule has 0 bridgehead atoms. The molecule has 0 aliphatic carbocycles. The molecule has 0 atom stereocenters. The van der Waals surface area contributed by atoms with Crippen molar-refractivity contribution in [3.8, 4) is 5.75 Å². The van der Waals surface area contributed by atoms with Crippen LogP contribution in [-0.4, -0.2) is 26.0 Å². The lowest BCUT2D eigenvalue weighted by molar-refractivity contribution is 0.101. The van der Waals surface area contributed by atoms with E-state index in [9.17, 15) is 9.18 Å². The van der Waals surface area contributed by atoms with E-state index in [1.807, 2.05) is 6.07 Å². The molecule has 0 aromatic heterocycles. The van der Waals surface area contributed by atoms with Crippen molar-refractivity contribution in [2.45, 2.75) is 6.92 Å². The van der Waals surface area contributed by atoms with Crippen LogP contribution in [0, 0.1) is 5.82 Å². The number of halogens is 1. The Hall–Kier alpha value is -2.36. The van der Waals surface area contributed by atoms with Crippen molar-refractivity contribution in [2.75, 3.05) is 25.1 Å². The third-order valence-electron chi connectivity index (χ3n) is 3.21. The number of carbonyl (C=O) groups is 1. The van der Waals surface area contributed by atoms with Crippen molar-refractivity contribution in [1.82, 2.24) is 0 Å². The highest BCUT2D eigenvalue weighted by molar-refractivity contribution is 5.96. The molecule has 2 rings (SSSR count). The summed E-state index contributed by atoms with van der Waals surface area (Å²) in [6.07, 6.45) is 0. The predicted octanol–water partition coefficient (Wildman–Crippen LogP) is 3.54. The molecule has 21 heavy (non-hydrogen) atoms. The molecular weight excluding hydrogens is 269 g/mol. The maximum atomic E-state index is 13.6. The number of carbonyl (C=O) groups excluding carboxylic acids is 1. The van der Waals surface area contributed by atoms with E-state index in [-0.39, 0.29) is 11.6 Å². The average molecular weight is 287 g/mol. The van der Waals surface area contributed by atoms with E-state index in [4.69, 9.17) is 4.74 Å². The Morgan fingerprint density at radius 2 is 1.81 bits per heavy atom. The lowest BCUT2D eigenvalue weighted by Gasteiger charge is -2.20. The third kappa shape index (κ3) is 3.81. The molecule has 0 saturated carbocycles. The lowest BCUT2D eigenvalue weighted by Crippen LogP contribution is -2.24. The molecule has 0 radical (unpaired) electrons. The quantitative estimate of drug-likeness (QED) is 0.761. The smallest absolute Gasteiger partial charge is 0.163 e. The summed E-state index contributed by atoms with van der Waals surface area (Å²) in [5.41, 5.74) is 1.09. The number of hydrogen-bond acceptors (Lipinski definition) is 3. The van der Waals surface area contributed by atoms with Crippen LogP contribution in [0.3, 0.4) is 0 Å². The van der Waals surface area contributed by atoms with Gasteiger partial charge in [-0.15, -0.1) is 0 Å². The van der Waals surface area contributed by atoms with Crippen LogP contribution in [0.25, 0.3) is 0 Å². The molecule has 0 spiro atoms. The Kier molecular flexibility index (Phi) is 4.93. The molecule has 2 aromatic rings. The van der Waals surface area contributed by atoms with E-state index in [2.05, 4.69) is 0 Å². The highest BCUT2D eigenvalue weighted by atomic mass is 19.1. The van der Waals surface area contributed by atoms with Gasteiger partial charge < -0.3 is 9.64 Å². The Labute approximate surface area is 124 Å². The van der Waals surface area contributed by atoms with Crippen LogP contribution in [0.15, 0.2) is 48.5 Å². The SMILES string of the molecule is CC(=O)c1ccccc1OCCN(C)c1ccccc1F. The van der Waals surface area contributed by atoms with Crippen LogP contribution in [-0.2, 0) is 0 Å². The Morgan fingerprint density at radius 3 is 2.52 bits per heavy atom. The fourth-order valence-corrected chi connectivity index (χ4v) is 2.06. The number of para-hydroxylation sites is 2. The van der Waals surface area contributed by atoms with E-state index in [0.717, 1.165) is 0 Å². The maximum absolute atomic E-state index is 13.6. The minimum atomic E-state index is -0.260. The fraction of sp³-hybridized carbons (Fsp3) is 0.235. The van der Waals surface area contributed by atoms with E-state index >= 15 is 0 Å². The van der Waals surface area contributed by atoms with Gasteiger partial charge in [0.25, 0.3) is 0 Å². The zero-order chi connectivity index (χ0) is 15.2. The Bertz CT molecular complexity index is 628. The molecule has 0 aliphatic heterocycles. The second-order valence-electron chi connectivity index (χ2n) is 4.77. The molecule has 2 aromatic carbocycles. The van der Waals surface area contributed by atoms with E-state index < -0.39 is 0 Å². The summed E-state index contributed by atoms with van der Waals surface area (Å²) in [4.78, 5) is 13.3. The van der Waals surface area contributed by atoms with Gasteiger partial charge in [0.1, 0.15) is 18.2 Å². The molecule has 0 heterocycles. The number of hydrogen-bond donors (Lipinski definition) is 0. The molecule has 110 valence electrons. The number of ether oxygens (including phenoxy) is 1. The zero-order valence-electron chi connectivity index (χ0n) is 12.2. The van der Waals surface area contributed by atoms with Crippen LogP contribution in [0.5, 0.6) is 5.75 Å². The van der Waals surface area contributed by atoms with Crippen molar-refractivity contribution < 1.29 is 13.9 Å². The number of anilines is 1. The predicted molar refractivity (Wildman–Crippen MR) is 81.6 cm³/mol. The fourth-order valence-electron chi connectivity index (χ4n) is 2.06. The second-order valence-corrected chi connectivity index (χ2v) is 4.77. The molecule has 3 nitrogen and oxygen atoms in total. The first-order valence-corrected chi connectivity index (χ1v) is 6.78. The molecule has 0 fully saturated rings. The van der Waals surface area contributed by atoms with Crippen molar-refractivity contribution in [1.29, 1.82) is 0 Å². The van der Waals surface area contributed by atoms with Crippen LogP contribution in [0.1, 0.15) is 17.3 Å². The second kappa shape index (κ2) is 6.88. The minimum Gasteiger partial charge on any atom is -0.491 e. The van der Waals surface area contributed by atoms with Gasteiger partial charge in [-0.3, -0.25) is 4.79 Å². The van der Waals surface area contributed by atoms with E-state index in [1.54, 1.807) is 48.3 Å². The van der Waals surface area contributed by atoms with Crippen LogP contribution >= 0.6 is 0 Å².